The van der Waals surface area contributed by atoms with Crippen molar-refractivity contribution in [2.45, 2.75) is 20.2 Å². The van der Waals surface area contributed by atoms with Gasteiger partial charge in [-0.3, -0.25) is 0 Å². The first-order valence-electron chi connectivity index (χ1n) is 5.45. The number of rotatable bonds is 4. The molecule has 80 valence electrons. The zero-order chi connectivity index (χ0) is 12.0. The number of aryl methyl sites for hydroxylation is 2. The van der Waals surface area contributed by atoms with Crippen molar-refractivity contribution in [2.24, 2.45) is 0 Å². The topological polar surface area (TPSA) is 0 Å². The highest BCUT2D eigenvalue weighted by Crippen LogP contribution is 2.13. The minimum Gasteiger partial charge on any atom is -0.0985 e. The average Bonchev–Trinajstić information content (AvgIpc) is 2.26. The van der Waals surface area contributed by atoms with Crippen molar-refractivity contribution < 1.29 is 0 Å². The molecule has 0 amide bonds. The zero-order valence-electron chi connectivity index (χ0n) is 10.0. The van der Waals surface area contributed by atoms with Gasteiger partial charge in [0.1, 0.15) is 0 Å². The molecule has 0 nitrogen and oxygen atoms in total. The highest BCUT2D eigenvalue weighted by Gasteiger charge is 1.93. The molecule has 1 aromatic carbocycles. The Hall–Kier alpha value is -1.50. The molecule has 0 spiro atoms. The normalized spacial score (nSPS) is 12.0. The van der Waals surface area contributed by atoms with Gasteiger partial charge in [-0.15, -0.1) is 0 Å². The fourth-order valence-electron chi connectivity index (χ4n) is 1.55. The van der Waals surface area contributed by atoms with E-state index in [1.54, 1.807) is 0 Å². The van der Waals surface area contributed by atoms with Gasteiger partial charge in [-0.25, -0.2) is 0 Å². The minimum absolute atomic E-state index is 0.540. The molecule has 1 rings (SSSR count). The lowest BCUT2D eigenvalue weighted by molar-refractivity contribution is 1.37. The molecule has 0 saturated heterocycles. The van der Waals surface area contributed by atoms with Crippen molar-refractivity contribution in [3.05, 3.63) is 65.3 Å². The van der Waals surface area contributed by atoms with E-state index in [4.69, 9.17) is 7.85 Å². The lowest BCUT2D eigenvalue weighted by Crippen LogP contribution is -1.82. The smallest absolute Gasteiger partial charge is 0.0708 e. The van der Waals surface area contributed by atoms with Crippen molar-refractivity contribution >= 4 is 13.9 Å². The Bertz CT molecular complexity index is 425. The molecule has 0 saturated carbocycles. The zero-order valence-corrected chi connectivity index (χ0v) is 10.0. The summed E-state index contributed by atoms with van der Waals surface area (Å²) < 4.78 is 0. The standard InChI is InChI=1S/C15H17B/c1-4-14(9-10-16)6-8-15-7-5-12(2)11-13(15)3/h4-9,11H,1,10H2,2-3H3/b8-6+,14-9+. The summed E-state index contributed by atoms with van der Waals surface area (Å²) in [5.74, 6) is 0. The van der Waals surface area contributed by atoms with Crippen molar-refractivity contribution in [3.63, 3.8) is 0 Å². The molecule has 0 N–H and O–H groups in total. The van der Waals surface area contributed by atoms with E-state index in [0.29, 0.717) is 6.32 Å². The van der Waals surface area contributed by atoms with Gasteiger partial charge in [-0.1, -0.05) is 61.0 Å². The van der Waals surface area contributed by atoms with Gasteiger partial charge in [-0.05, 0) is 30.5 Å². The summed E-state index contributed by atoms with van der Waals surface area (Å²) in [7, 11) is 5.47. The highest BCUT2D eigenvalue weighted by molar-refractivity contribution is 6.09. The van der Waals surface area contributed by atoms with Crippen LogP contribution in [0.3, 0.4) is 0 Å². The Labute approximate surface area is 99.8 Å². The SMILES string of the molecule is [B]C/C=C(C=C)/C=C/c1ccc(C)cc1C. The minimum atomic E-state index is 0.540. The number of hydrogen-bond acceptors (Lipinski definition) is 0. The first kappa shape index (κ1) is 12.6. The Morgan fingerprint density at radius 1 is 1.38 bits per heavy atom. The first-order valence-corrected chi connectivity index (χ1v) is 5.45. The summed E-state index contributed by atoms with van der Waals surface area (Å²) in [5, 5.41) is 0. The molecular weight excluding hydrogens is 191 g/mol. The fourth-order valence-corrected chi connectivity index (χ4v) is 1.55. The van der Waals surface area contributed by atoms with E-state index in [-0.39, 0.29) is 0 Å². The molecular formula is C15H17B. The number of benzene rings is 1. The molecule has 0 fully saturated rings. The quantitative estimate of drug-likeness (QED) is 0.517. The third-order valence-electron chi connectivity index (χ3n) is 2.47. The van der Waals surface area contributed by atoms with Gasteiger partial charge in [-0.2, -0.15) is 0 Å². The van der Waals surface area contributed by atoms with Crippen LogP contribution in [-0.4, -0.2) is 7.85 Å². The predicted octanol–water partition coefficient (Wildman–Crippen LogP) is 4.02. The second kappa shape index (κ2) is 6.17. The van der Waals surface area contributed by atoms with Crippen LogP contribution in [0.5, 0.6) is 0 Å². The van der Waals surface area contributed by atoms with E-state index in [1.807, 2.05) is 18.2 Å². The lowest BCUT2D eigenvalue weighted by Gasteiger charge is -2.01. The average molecular weight is 208 g/mol. The Morgan fingerprint density at radius 3 is 2.69 bits per heavy atom. The summed E-state index contributed by atoms with van der Waals surface area (Å²) in [6.45, 7) is 7.97. The molecule has 0 aliphatic heterocycles. The van der Waals surface area contributed by atoms with Gasteiger partial charge < -0.3 is 0 Å². The van der Waals surface area contributed by atoms with Crippen LogP contribution in [0.25, 0.3) is 6.08 Å². The molecule has 0 heterocycles. The summed E-state index contributed by atoms with van der Waals surface area (Å²) in [4.78, 5) is 0. The van der Waals surface area contributed by atoms with Crippen LogP contribution in [-0.2, 0) is 0 Å². The summed E-state index contributed by atoms with van der Waals surface area (Å²) >= 11 is 0. The van der Waals surface area contributed by atoms with Gasteiger partial charge in [0, 0.05) is 0 Å². The Morgan fingerprint density at radius 2 is 2.12 bits per heavy atom. The van der Waals surface area contributed by atoms with Gasteiger partial charge in [0.2, 0.25) is 0 Å². The van der Waals surface area contributed by atoms with Crippen LogP contribution in [0.2, 0.25) is 6.32 Å². The van der Waals surface area contributed by atoms with E-state index in [9.17, 15) is 0 Å². The molecule has 0 unspecified atom stereocenters. The third kappa shape index (κ3) is 3.58. The van der Waals surface area contributed by atoms with E-state index in [2.05, 4.69) is 44.7 Å². The summed E-state index contributed by atoms with van der Waals surface area (Å²) in [5.41, 5.74) is 4.86. The Kier molecular flexibility index (Phi) is 4.85. The van der Waals surface area contributed by atoms with Gasteiger partial charge >= 0.3 is 0 Å². The van der Waals surface area contributed by atoms with E-state index in [0.717, 1.165) is 5.57 Å². The van der Waals surface area contributed by atoms with Crippen LogP contribution in [0, 0.1) is 13.8 Å². The monoisotopic (exact) mass is 208 g/mol. The number of hydrogen-bond donors (Lipinski definition) is 0. The molecule has 0 aliphatic rings. The maximum absolute atomic E-state index is 5.47. The van der Waals surface area contributed by atoms with Crippen LogP contribution in [0.15, 0.2) is 48.6 Å². The molecule has 1 heteroatoms. The molecule has 0 aliphatic carbocycles. The second-order valence-corrected chi connectivity index (χ2v) is 3.84. The molecule has 16 heavy (non-hydrogen) atoms. The van der Waals surface area contributed by atoms with Crippen molar-refractivity contribution in [1.29, 1.82) is 0 Å². The van der Waals surface area contributed by atoms with E-state index < -0.39 is 0 Å². The predicted molar refractivity (Wildman–Crippen MR) is 73.8 cm³/mol. The van der Waals surface area contributed by atoms with Crippen LogP contribution in [0.4, 0.5) is 0 Å². The maximum Gasteiger partial charge on any atom is 0.0708 e. The Balaban J connectivity index is 2.91. The fraction of sp³-hybridized carbons (Fsp3) is 0.200. The second-order valence-electron chi connectivity index (χ2n) is 3.84. The first-order chi connectivity index (χ1) is 7.67. The van der Waals surface area contributed by atoms with Gasteiger partial charge in [0.25, 0.3) is 0 Å². The van der Waals surface area contributed by atoms with Crippen LogP contribution >= 0.6 is 0 Å². The maximum atomic E-state index is 5.47. The summed E-state index contributed by atoms with van der Waals surface area (Å²) in [6.07, 6.45) is 8.44. The third-order valence-corrected chi connectivity index (χ3v) is 2.47. The van der Waals surface area contributed by atoms with Crippen molar-refractivity contribution in [2.75, 3.05) is 0 Å². The molecule has 0 bridgehead atoms. The van der Waals surface area contributed by atoms with Crippen LogP contribution in [0.1, 0.15) is 16.7 Å². The van der Waals surface area contributed by atoms with Gasteiger partial charge in [0.15, 0.2) is 0 Å². The largest absolute Gasteiger partial charge is 0.0985 e. The van der Waals surface area contributed by atoms with E-state index in [1.165, 1.54) is 16.7 Å². The van der Waals surface area contributed by atoms with Crippen molar-refractivity contribution in [1.82, 2.24) is 0 Å². The summed E-state index contributed by atoms with van der Waals surface area (Å²) in [6, 6.07) is 6.43. The van der Waals surface area contributed by atoms with Crippen LogP contribution < -0.4 is 0 Å². The molecule has 2 radical (unpaired) electrons. The van der Waals surface area contributed by atoms with E-state index >= 15 is 0 Å². The molecule has 1 aromatic rings. The number of allylic oxidation sites excluding steroid dienone is 4. The van der Waals surface area contributed by atoms with Gasteiger partial charge in [0.05, 0.1) is 7.85 Å². The molecule has 0 aromatic heterocycles. The van der Waals surface area contributed by atoms with Crippen molar-refractivity contribution in [3.8, 4) is 0 Å². The highest BCUT2D eigenvalue weighted by atomic mass is 14.0. The molecule has 0 atom stereocenters. The lowest BCUT2D eigenvalue weighted by atomic mass is 10.0.